The number of rotatable bonds is 15. The summed E-state index contributed by atoms with van der Waals surface area (Å²) in [6.45, 7) is 9.66. The molecule has 1 aromatic heterocycles. The van der Waals surface area contributed by atoms with Gasteiger partial charge >= 0.3 is 12.2 Å². The van der Waals surface area contributed by atoms with E-state index in [0.717, 1.165) is 16.8 Å². The summed E-state index contributed by atoms with van der Waals surface area (Å²) in [7, 11) is 2.43. The monoisotopic (exact) mass is 677 g/mol. The molecule has 49 heavy (non-hydrogen) atoms. The van der Waals surface area contributed by atoms with Crippen molar-refractivity contribution in [2.24, 2.45) is 11.8 Å². The Bertz CT molecular complexity index is 1550. The standard InChI is InChI=1S/C35H47N7O7/c1-20(2)30(41-34(46)48-6)32(44)39-25-12-13-27(40-33(45)31(21(3)4)42-35(47)49-7)26(16-25)22(5)29(43)19-37-17-23-8-10-24(11-9-23)28-18-36-14-15-38-28/h8-16,18,20-22,29-31,37,43H,17,19H2,1-7H3,(H,39,44)(H,40,45)(H,41,46)(H,42,47)/t22-,29+,30-,31-/m0/s1. The van der Waals surface area contributed by atoms with Crippen molar-refractivity contribution in [1.82, 2.24) is 25.9 Å². The Hall–Kier alpha value is -5.08. The van der Waals surface area contributed by atoms with Crippen LogP contribution < -0.4 is 26.6 Å². The minimum Gasteiger partial charge on any atom is -0.453 e. The van der Waals surface area contributed by atoms with Crippen molar-refractivity contribution in [3.63, 3.8) is 0 Å². The van der Waals surface area contributed by atoms with Crippen molar-refractivity contribution in [3.8, 4) is 11.3 Å². The average molecular weight is 678 g/mol. The first kappa shape index (κ1) is 38.4. The van der Waals surface area contributed by atoms with Crippen molar-refractivity contribution in [2.75, 3.05) is 31.4 Å². The van der Waals surface area contributed by atoms with Crippen molar-refractivity contribution in [1.29, 1.82) is 0 Å². The molecule has 0 aliphatic carbocycles. The second-order valence-corrected chi connectivity index (χ2v) is 12.3. The molecule has 0 saturated heterocycles. The molecule has 0 aliphatic heterocycles. The number of alkyl carbamates (subject to hydrolysis) is 2. The quantitative estimate of drug-likeness (QED) is 0.137. The Morgan fingerprint density at radius 1 is 0.796 bits per heavy atom. The van der Waals surface area contributed by atoms with E-state index in [0.29, 0.717) is 23.5 Å². The van der Waals surface area contributed by atoms with Crippen LogP contribution in [0.1, 0.15) is 51.7 Å². The van der Waals surface area contributed by atoms with Crippen LogP contribution in [-0.2, 0) is 25.6 Å². The summed E-state index contributed by atoms with van der Waals surface area (Å²) in [6.07, 6.45) is 2.57. The fraction of sp³-hybridized carbons (Fsp3) is 0.429. The van der Waals surface area contributed by atoms with Gasteiger partial charge in [0.1, 0.15) is 12.1 Å². The van der Waals surface area contributed by atoms with Gasteiger partial charge in [-0.1, -0.05) is 58.9 Å². The molecule has 14 heteroatoms. The molecule has 14 nitrogen and oxygen atoms in total. The van der Waals surface area contributed by atoms with E-state index < -0.39 is 48.1 Å². The van der Waals surface area contributed by atoms with Gasteiger partial charge in [-0.3, -0.25) is 19.6 Å². The molecular formula is C35H47N7O7. The number of benzene rings is 2. The second-order valence-electron chi connectivity index (χ2n) is 12.3. The maximum absolute atomic E-state index is 13.4. The predicted molar refractivity (Wildman–Crippen MR) is 186 cm³/mol. The van der Waals surface area contributed by atoms with Crippen molar-refractivity contribution < 1.29 is 33.8 Å². The Labute approximate surface area is 286 Å². The predicted octanol–water partition coefficient (Wildman–Crippen LogP) is 4.04. The van der Waals surface area contributed by atoms with E-state index in [2.05, 4.69) is 41.3 Å². The topological polar surface area (TPSA) is 193 Å². The van der Waals surface area contributed by atoms with Crippen LogP contribution >= 0.6 is 0 Å². The number of hydrogen-bond acceptors (Lipinski definition) is 10. The average Bonchev–Trinajstić information content (AvgIpc) is 3.09. The fourth-order valence-electron chi connectivity index (χ4n) is 4.99. The fourth-order valence-corrected chi connectivity index (χ4v) is 4.99. The van der Waals surface area contributed by atoms with Crippen LogP contribution in [0.2, 0.25) is 0 Å². The largest absolute Gasteiger partial charge is 0.453 e. The molecule has 4 amide bonds. The van der Waals surface area contributed by atoms with Crippen molar-refractivity contribution >= 4 is 35.4 Å². The summed E-state index contributed by atoms with van der Waals surface area (Å²) in [6, 6.07) is 11.0. The van der Waals surface area contributed by atoms with Gasteiger partial charge in [0.15, 0.2) is 0 Å². The summed E-state index contributed by atoms with van der Waals surface area (Å²) >= 11 is 0. The van der Waals surface area contributed by atoms with Crippen LogP contribution in [0.4, 0.5) is 21.0 Å². The summed E-state index contributed by atoms with van der Waals surface area (Å²) in [4.78, 5) is 58.8. The van der Waals surface area contributed by atoms with Crippen LogP contribution in [0, 0.1) is 11.8 Å². The Morgan fingerprint density at radius 3 is 1.92 bits per heavy atom. The highest BCUT2D eigenvalue weighted by atomic mass is 16.5. The van der Waals surface area contributed by atoms with Gasteiger partial charge in [0.25, 0.3) is 0 Å². The van der Waals surface area contributed by atoms with E-state index in [1.807, 2.05) is 24.3 Å². The summed E-state index contributed by atoms with van der Waals surface area (Å²) in [5.41, 5.74) is 4.03. The minimum atomic E-state index is -0.905. The molecule has 6 N–H and O–H groups in total. The zero-order valence-electron chi connectivity index (χ0n) is 28.9. The molecule has 0 unspecified atom stereocenters. The number of nitrogens with one attached hydrogen (secondary N) is 5. The third kappa shape index (κ3) is 11.3. The van der Waals surface area contributed by atoms with E-state index in [1.165, 1.54) is 14.2 Å². The van der Waals surface area contributed by atoms with Gasteiger partial charge in [-0.25, -0.2) is 9.59 Å². The smallest absolute Gasteiger partial charge is 0.407 e. The van der Waals surface area contributed by atoms with E-state index in [9.17, 15) is 24.3 Å². The number of aromatic nitrogens is 2. The van der Waals surface area contributed by atoms with Crippen LogP contribution in [0.15, 0.2) is 61.1 Å². The number of hydrogen-bond donors (Lipinski definition) is 6. The Kier molecular flexibility index (Phi) is 14.5. The zero-order chi connectivity index (χ0) is 36.1. The molecule has 0 spiro atoms. The lowest BCUT2D eigenvalue weighted by Crippen LogP contribution is -2.47. The summed E-state index contributed by atoms with van der Waals surface area (Å²) in [5.74, 6) is -1.99. The Balaban J connectivity index is 1.81. The van der Waals surface area contributed by atoms with Crippen LogP contribution in [-0.4, -0.2) is 78.0 Å². The molecule has 0 aliphatic rings. The number of carbonyl (C=O) groups is 4. The molecular weight excluding hydrogens is 630 g/mol. The number of anilines is 2. The van der Waals surface area contributed by atoms with Crippen molar-refractivity contribution in [3.05, 3.63) is 72.2 Å². The highest BCUT2D eigenvalue weighted by Gasteiger charge is 2.28. The van der Waals surface area contributed by atoms with Crippen LogP contribution in [0.25, 0.3) is 11.3 Å². The number of methoxy groups -OCH3 is 2. The number of nitrogens with zero attached hydrogens (tertiary/aromatic N) is 2. The molecule has 3 aromatic rings. The number of amides is 4. The number of aliphatic hydroxyl groups excluding tert-OH is 1. The highest BCUT2D eigenvalue weighted by molar-refractivity contribution is 5.99. The molecule has 1 heterocycles. The lowest BCUT2D eigenvalue weighted by atomic mass is 9.92. The van der Waals surface area contributed by atoms with Gasteiger partial charge in [0, 0.05) is 48.3 Å². The lowest BCUT2D eigenvalue weighted by Gasteiger charge is -2.26. The molecule has 0 radical (unpaired) electrons. The van der Waals surface area contributed by atoms with E-state index >= 15 is 0 Å². The molecule has 0 bridgehead atoms. The van der Waals surface area contributed by atoms with E-state index in [1.54, 1.807) is 71.4 Å². The van der Waals surface area contributed by atoms with Gasteiger partial charge in [-0.15, -0.1) is 0 Å². The second kappa shape index (κ2) is 18.5. The first-order valence-electron chi connectivity index (χ1n) is 16.0. The summed E-state index contributed by atoms with van der Waals surface area (Å²) < 4.78 is 9.36. The van der Waals surface area contributed by atoms with Gasteiger partial charge in [-0.05, 0) is 41.2 Å². The molecule has 264 valence electrons. The van der Waals surface area contributed by atoms with Crippen LogP contribution in [0.3, 0.4) is 0 Å². The highest BCUT2D eigenvalue weighted by Crippen LogP contribution is 2.31. The number of carbonyl (C=O) groups excluding carboxylic acids is 4. The first-order valence-corrected chi connectivity index (χ1v) is 16.0. The first-order chi connectivity index (χ1) is 23.3. The third-order valence-electron chi connectivity index (χ3n) is 7.96. The normalized spacial score (nSPS) is 13.5. The Morgan fingerprint density at radius 2 is 1.39 bits per heavy atom. The van der Waals surface area contributed by atoms with Gasteiger partial charge in [0.05, 0.1) is 32.2 Å². The lowest BCUT2D eigenvalue weighted by molar-refractivity contribution is -0.119. The molecule has 4 atom stereocenters. The molecule has 0 saturated carbocycles. The third-order valence-corrected chi connectivity index (χ3v) is 7.96. The molecule has 2 aromatic carbocycles. The SMILES string of the molecule is COC(=O)N[C@H](C(=O)Nc1ccc(NC(=O)[C@@H](NC(=O)OC)C(C)C)c([C@H](C)[C@H](O)CNCc2ccc(-c3cnccn3)cc2)c1)C(C)C. The number of ether oxygens (including phenoxy) is 2. The molecule has 3 rings (SSSR count). The molecule has 0 fully saturated rings. The maximum Gasteiger partial charge on any atom is 0.407 e. The number of aliphatic hydroxyl groups is 1. The van der Waals surface area contributed by atoms with E-state index in [4.69, 9.17) is 4.74 Å². The zero-order valence-corrected chi connectivity index (χ0v) is 28.9. The van der Waals surface area contributed by atoms with E-state index in [-0.39, 0.29) is 18.4 Å². The van der Waals surface area contributed by atoms with Gasteiger partial charge in [-0.2, -0.15) is 0 Å². The summed E-state index contributed by atoms with van der Waals surface area (Å²) in [5, 5.41) is 25.4. The minimum absolute atomic E-state index is 0.216. The maximum atomic E-state index is 13.4. The van der Waals surface area contributed by atoms with Gasteiger partial charge in [0.2, 0.25) is 11.8 Å². The van der Waals surface area contributed by atoms with Crippen molar-refractivity contribution in [2.45, 2.75) is 65.3 Å². The van der Waals surface area contributed by atoms with Gasteiger partial charge < -0.3 is 41.2 Å². The van der Waals surface area contributed by atoms with Crippen LogP contribution in [0.5, 0.6) is 0 Å².